The van der Waals surface area contributed by atoms with E-state index in [1.54, 1.807) is 7.11 Å². The number of hydrogen-bond acceptors (Lipinski definition) is 5. The van der Waals surface area contributed by atoms with Crippen LogP contribution in [0.25, 0.3) is 0 Å². The molecule has 1 saturated heterocycles. The third-order valence-corrected chi connectivity index (χ3v) is 4.57. The summed E-state index contributed by atoms with van der Waals surface area (Å²) in [6.07, 6.45) is 0.0305. The molecule has 142 valence electrons. The Balaban J connectivity index is 1.70. The fraction of sp³-hybridized carbons (Fsp3) is 0.333. The summed E-state index contributed by atoms with van der Waals surface area (Å²) in [5, 5.41) is 2.86. The number of amides is 1. The number of ether oxygens (including phenoxy) is 2. The molecule has 1 heterocycles. The van der Waals surface area contributed by atoms with E-state index >= 15 is 0 Å². The van der Waals surface area contributed by atoms with E-state index in [1.165, 1.54) is 0 Å². The van der Waals surface area contributed by atoms with Gasteiger partial charge in [0.1, 0.15) is 18.4 Å². The van der Waals surface area contributed by atoms with Crippen molar-refractivity contribution < 1.29 is 19.1 Å². The molecular formula is C21H24N2O4. The lowest BCUT2D eigenvalue weighted by Crippen LogP contribution is -2.49. The first kappa shape index (κ1) is 18.9. The molecule has 2 aromatic rings. The number of benzene rings is 2. The number of hydrogen-bond donors (Lipinski definition) is 1. The monoisotopic (exact) mass is 368 g/mol. The van der Waals surface area contributed by atoms with Crippen LogP contribution in [0.1, 0.15) is 17.5 Å². The van der Waals surface area contributed by atoms with E-state index in [2.05, 4.69) is 5.32 Å². The van der Waals surface area contributed by atoms with Crippen molar-refractivity contribution in [2.75, 3.05) is 25.6 Å². The molecule has 3 rings (SSSR count). The molecule has 2 aromatic carbocycles. The molecule has 0 unspecified atom stereocenters. The van der Waals surface area contributed by atoms with Gasteiger partial charge in [-0.05, 0) is 30.2 Å². The van der Waals surface area contributed by atoms with E-state index in [9.17, 15) is 9.59 Å². The highest BCUT2D eigenvalue weighted by molar-refractivity contribution is 5.95. The SMILES string of the molecule is COc1ccc(C)cc1NC(=O)C[C@H]1C(=O)OCCN1Cc1ccccc1. The zero-order chi connectivity index (χ0) is 19.2. The van der Waals surface area contributed by atoms with Gasteiger partial charge in [-0.15, -0.1) is 0 Å². The number of carbonyl (C=O) groups excluding carboxylic acids is 2. The lowest BCUT2D eigenvalue weighted by atomic mass is 10.1. The van der Waals surface area contributed by atoms with Gasteiger partial charge in [-0.3, -0.25) is 14.5 Å². The lowest BCUT2D eigenvalue weighted by Gasteiger charge is -2.33. The van der Waals surface area contributed by atoms with Crippen molar-refractivity contribution in [3.8, 4) is 5.75 Å². The third kappa shape index (κ3) is 4.86. The molecule has 0 aliphatic carbocycles. The van der Waals surface area contributed by atoms with Crippen LogP contribution >= 0.6 is 0 Å². The van der Waals surface area contributed by atoms with Gasteiger partial charge in [0.15, 0.2) is 0 Å². The topological polar surface area (TPSA) is 67.9 Å². The first-order valence-electron chi connectivity index (χ1n) is 8.96. The standard InChI is InChI=1S/C21H24N2O4/c1-15-8-9-19(26-2)17(12-15)22-20(24)13-18-21(25)27-11-10-23(18)14-16-6-4-3-5-7-16/h3-9,12,18H,10-11,13-14H2,1-2H3,(H,22,24)/t18-/m0/s1. The van der Waals surface area contributed by atoms with Crippen molar-refractivity contribution in [1.29, 1.82) is 0 Å². The summed E-state index contributed by atoms with van der Waals surface area (Å²) in [4.78, 5) is 26.9. The molecule has 1 atom stereocenters. The molecule has 1 aliphatic rings. The summed E-state index contributed by atoms with van der Waals surface area (Å²) in [6.45, 7) is 3.48. The molecule has 27 heavy (non-hydrogen) atoms. The molecule has 6 nitrogen and oxygen atoms in total. The maximum Gasteiger partial charge on any atom is 0.323 e. The number of methoxy groups -OCH3 is 1. The maximum absolute atomic E-state index is 12.6. The smallest absolute Gasteiger partial charge is 0.323 e. The molecule has 6 heteroatoms. The van der Waals surface area contributed by atoms with E-state index in [1.807, 2.05) is 60.4 Å². The second kappa shape index (κ2) is 8.68. The Hall–Kier alpha value is -2.86. The van der Waals surface area contributed by atoms with E-state index < -0.39 is 6.04 Å². The van der Waals surface area contributed by atoms with Gasteiger partial charge in [0.05, 0.1) is 19.2 Å². The summed E-state index contributed by atoms with van der Waals surface area (Å²) in [7, 11) is 1.56. The fourth-order valence-corrected chi connectivity index (χ4v) is 3.18. The Morgan fingerprint density at radius 1 is 1.26 bits per heavy atom. The first-order valence-corrected chi connectivity index (χ1v) is 8.96. The van der Waals surface area contributed by atoms with Crippen molar-refractivity contribution in [1.82, 2.24) is 4.90 Å². The van der Waals surface area contributed by atoms with Crippen LogP contribution in [0.5, 0.6) is 5.75 Å². The Bertz CT molecular complexity index is 807. The summed E-state index contributed by atoms with van der Waals surface area (Å²) in [6, 6.07) is 14.9. The quantitative estimate of drug-likeness (QED) is 0.794. The first-order chi connectivity index (χ1) is 13.1. The number of rotatable bonds is 6. The molecule has 0 saturated carbocycles. The van der Waals surface area contributed by atoms with E-state index in [0.717, 1.165) is 11.1 Å². The van der Waals surface area contributed by atoms with Gasteiger partial charge in [0.2, 0.25) is 5.91 Å². The number of cyclic esters (lactones) is 1. The van der Waals surface area contributed by atoms with Gasteiger partial charge >= 0.3 is 5.97 Å². The van der Waals surface area contributed by atoms with Crippen LogP contribution in [0.2, 0.25) is 0 Å². The van der Waals surface area contributed by atoms with Crippen LogP contribution < -0.4 is 10.1 Å². The lowest BCUT2D eigenvalue weighted by molar-refractivity contribution is -0.159. The summed E-state index contributed by atoms with van der Waals surface area (Å²) >= 11 is 0. The minimum Gasteiger partial charge on any atom is -0.495 e. The number of carbonyl (C=O) groups is 2. The Labute approximate surface area is 159 Å². The van der Waals surface area contributed by atoms with Crippen molar-refractivity contribution in [3.63, 3.8) is 0 Å². The van der Waals surface area contributed by atoms with Crippen LogP contribution in [-0.2, 0) is 20.9 Å². The van der Waals surface area contributed by atoms with Crippen LogP contribution in [0, 0.1) is 6.92 Å². The van der Waals surface area contributed by atoms with E-state index in [-0.39, 0.29) is 18.3 Å². The predicted molar refractivity (Wildman–Crippen MR) is 103 cm³/mol. The minimum atomic E-state index is -0.602. The number of anilines is 1. The van der Waals surface area contributed by atoms with Gasteiger partial charge < -0.3 is 14.8 Å². The molecule has 1 fully saturated rings. The summed E-state index contributed by atoms with van der Waals surface area (Å²) in [5.74, 6) is -0.0225. The second-order valence-corrected chi connectivity index (χ2v) is 6.60. The predicted octanol–water partition coefficient (Wildman–Crippen LogP) is 2.76. The molecule has 0 bridgehead atoms. The van der Waals surface area contributed by atoms with Crippen LogP contribution in [-0.4, -0.2) is 43.1 Å². The Morgan fingerprint density at radius 3 is 2.78 bits per heavy atom. The molecule has 0 spiro atoms. The van der Waals surface area contributed by atoms with Gasteiger partial charge in [-0.1, -0.05) is 36.4 Å². The molecular weight excluding hydrogens is 344 g/mol. The Morgan fingerprint density at radius 2 is 2.04 bits per heavy atom. The van der Waals surface area contributed by atoms with Gasteiger partial charge in [0, 0.05) is 13.1 Å². The molecule has 1 aliphatic heterocycles. The largest absolute Gasteiger partial charge is 0.495 e. The Kier molecular flexibility index (Phi) is 6.08. The minimum absolute atomic E-state index is 0.0305. The van der Waals surface area contributed by atoms with E-state index in [0.29, 0.717) is 31.1 Å². The number of nitrogens with one attached hydrogen (secondary N) is 1. The third-order valence-electron chi connectivity index (χ3n) is 4.57. The normalized spacial score (nSPS) is 17.3. The van der Waals surface area contributed by atoms with E-state index in [4.69, 9.17) is 9.47 Å². The zero-order valence-electron chi connectivity index (χ0n) is 15.6. The van der Waals surface area contributed by atoms with Crippen LogP contribution in [0.3, 0.4) is 0 Å². The molecule has 0 aromatic heterocycles. The van der Waals surface area contributed by atoms with Gasteiger partial charge in [0.25, 0.3) is 0 Å². The summed E-state index contributed by atoms with van der Waals surface area (Å²) < 4.78 is 10.5. The van der Waals surface area contributed by atoms with Gasteiger partial charge in [-0.25, -0.2) is 0 Å². The average molecular weight is 368 g/mol. The van der Waals surface area contributed by atoms with Crippen molar-refractivity contribution in [2.24, 2.45) is 0 Å². The molecule has 1 N–H and O–H groups in total. The van der Waals surface area contributed by atoms with Gasteiger partial charge in [-0.2, -0.15) is 0 Å². The molecule has 1 amide bonds. The highest BCUT2D eigenvalue weighted by atomic mass is 16.5. The van der Waals surface area contributed by atoms with Crippen molar-refractivity contribution in [3.05, 3.63) is 59.7 Å². The van der Waals surface area contributed by atoms with Crippen molar-refractivity contribution >= 4 is 17.6 Å². The molecule has 0 radical (unpaired) electrons. The number of aryl methyl sites for hydroxylation is 1. The van der Waals surface area contributed by atoms with Crippen LogP contribution in [0.15, 0.2) is 48.5 Å². The highest BCUT2D eigenvalue weighted by Crippen LogP contribution is 2.26. The zero-order valence-corrected chi connectivity index (χ0v) is 15.6. The number of esters is 1. The van der Waals surface area contributed by atoms with Crippen LogP contribution in [0.4, 0.5) is 5.69 Å². The number of nitrogens with zero attached hydrogens (tertiary/aromatic N) is 1. The second-order valence-electron chi connectivity index (χ2n) is 6.60. The maximum atomic E-state index is 12.6. The average Bonchev–Trinajstić information content (AvgIpc) is 2.65. The number of morpholine rings is 1. The summed E-state index contributed by atoms with van der Waals surface area (Å²) in [5.41, 5.74) is 2.70. The fourth-order valence-electron chi connectivity index (χ4n) is 3.18. The van der Waals surface area contributed by atoms with Crippen molar-refractivity contribution in [2.45, 2.75) is 25.9 Å². The highest BCUT2D eigenvalue weighted by Gasteiger charge is 2.33.